The molecular formula is C15H15NO5. The van der Waals surface area contributed by atoms with Crippen molar-refractivity contribution >= 4 is 5.97 Å². The van der Waals surface area contributed by atoms with Crippen molar-refractivity contribution in [2.75, 3.05) is 20.3 Å². The third kappa shape index (κ3) is 4.10. The number of carbonyl (C=O) groups is 1. The number of carboxylic acids is 1. The summed E-state index contributed by atoms with van der Waals surface area (Å²) in [5.74, 6) is 0.536. The van der Waals surface area contributed by atoms with Crippen molar-refractivity contribution in [3.8, 4) is 17.2 Å². The van der Waals surface area contributed by atoms with Gasteiger partial charge in [-0.05, 0) is 36.4 Å². The molecule has 0 radical (unpaired) electrons. The normalized spacial score (nSPS) is 9.95. The Morgan fingerprint density at radius 1 is 1.10 bits per heavy atom. The maximum Gasteiger partial charge on any atom is 0.358 e. The molecule has 110 valence electrons. The molecule has 21 heavy (non-hydrogen) atoms. The van der Waals surface area contributed by atoms with Gasteiger partial charge in [0.15, 0.2) is 11.4 Å². The van der Waals surface area contributed by atoms with Crippen molar-refractivity contribution in [1.29, 1.82) is 0 Å². The number of ether oxygens (including phenoxy) is 3. The summed E-state index contributed by atoms with van der Waals surface area (Å²) in [6.45, 7) is 0.512. The molecule has 0 unspecified atom stereocenters. The fourth-order valence-corrected chi connectivity index (χ4v) is 1.65. The first-order valence-corrected chi connectivity index (χ1v) is 6.28. The van der Waals surface area contributed by atoms with Gasteiger partial charge in [0.05, 0.1) is 7.11 Å². The average molecular weight is 289 g/mol. The van der Waals surface area contributed by atoms with E-state index in [0.29, 0.717) is 12.4 Å². The maximum atomic E-state index is 11.0. The molecule has 6 heteroatoms. The minimum atomic E-state index is -1.12. The number of aromatic nitrogens is 1. The van der Waals surface area contributed by atoms with Gasteiger partial charge in [0.25, 0.3) is 0 Å². The average Bonchev–Trinajstić information content (AvgIpc) is 2.52. The van der Waals surface area contributed by atoms with E-state index in [-0.39, 0.29) is 18.1 Å². The van der Waals surface area contributed by atoms with E-state index < -0.39 is 5.97 Å². The number of hydrogen-bond donors (Lipinski definition) is 1. The SMILES string of the molecule is COc1ccc(OCCOc2cccnc2C(=O)O)cc1. The number of pyridine rings is 1. The predicted octanol–water partition coefficient (Wildman–Crippen LogP) is 2.25. The summed E-state index contributed by atoms with van der Waals surface area (Å²) in [5.41, 5.74) is -0.109. The first-order chi connectivity index (χ1) is 10.2. The van der Waals surface area contributed by atoms with Crippen molar-refractivity contribution in [2.24, 2.45) is 0 Å². The number of rotatable bonds is 7. The van der Waals surface area contributed by atoms with E-state index >= 15 is 0 Å². The highest BCUT2D eigenvalue weighted by molar-refractivity contribution is 5.88. The smallest absolute Gasteiger partial charge is 0.358 e. The number of hydrogen-bond acceptors (Lipinski definition) is 5. The summed E-state index contributed by atoms with van der Waals surface area (Å²) in [7, 11) is 1.59. The van der Waals surface area contributed by atoms with Crippen LogP contribution in [-0.2, 0) is 0 Å². The van der Waals surface area contributed by atoms with Crippen LogP contribution in [0.25, 0.3) is 0 Å². The predicted molar refractivity (Wildman–Crippen MR) is 75.2 cm³/mol. The van der Waals surface area contributed by atoms with E-state index in [2.05, 4.69) is 4.98 Å². The molecule has 6 nitrogen and oxygen atoms in total. The van der Waals surface area contributed by atoms with Crippen LogP contribution >= 0.6 is 0 Å². The molecule has 0 aliphatic heterocycles. The lowest BCUT2D eigenvalue weighted by molar-refractivity contribution is 0.0684. The molecular weight excluding hydrogens is 274 g/mol. The fourth-order valence-electron chi connectivity index (χ4n) is 1.65. The van der Waals surface area contributed by atoms with Crippen LogP contribution in [0.4, 0.5) is 0 Å². The van der Waals surface area contributed by atoms with E-state index in [4.69, 9.17) is 19.3 Å². The maximum absolute atomic E-state index is 11.0. The van der Waals surface area contributed by atoms with Gasteiger partial charge in [0.1, 0.15) is 24.7 Å². The minimum absolute atomic E-state index is 0.109. The Hall–Kier alpha value is -2.76. The summed E-state index contributed by atoms with van der Waals surface area (Å²) >= 11 is 0. The first kappa shape index (κ1) is 14.6. The van der Waals surface area contributed by atoms with Crippen molar-refractivity contribution < 1.29 is 24.1 Å². The number of carboxylic acid groups (broad SMARTS) is 1. The Kier molecular flexibility index (Phi) is 4.98. The highest BCUT2D eigenvalue weighted by Gasteiger charge is 2.11. The molecule has 0 fully saturated rings. The monoisotopic (exact) mass is 289 g/mol. The molecule has 1 aromatic heterocycles. The highest BCUT2D eigenvalue weighted by Crippen LogP contribution is 2.17. The molecule has 0 spiro atoms. The number of benzene rings is 1. The molecule has 0 saturated heterocycles. The molecule has 0 bridgehead atoms. The molecule has 0 aliphatic rings. The number of aromatic carboxylic acids is 1. The Bertz CT molecular complexity index is 597. The van der Waals surface area contributed by atoms with Gasteiger partial charge in [-0.15, -0.1) is 0 Å². The third-order valence-corrected chi connectivity index (χ3v) is 2.64. The topological polar surface area (TPSA) is 77.9 Å². The third-order valence-electron chi connectivity index (χ3n) is 2.64. The highest BCUT2D eigenvalue weighted by atomic mass is 16.5. The van der Waals surface area contributed by atoms with Crippen LogP contribution in [0.1, 0.15) is 10.5 Å². The lowest BCUT2D eigenvalue weighted by atomic mass is 10.3. The van der Waals surface area contributed by atoms with Crippen LogP contribution < -0.4 is 14.2 Å². The van der Waals surface area contributed by atoms with Crippen LogP contribution in [0, 0.1) is 0 Å². The van der Waals surface area contributed by atoms with Crippen LogP contribution in [0.5, 0.6) is 17.2 Å². The Balaban J connectivity index is 1.83. The van der Waals surface area contributed by atoms with Gasteiger partial charge in [-0.1, -0.05) is 0 Å². The van der Waals surface area contributed by atoms with Crippen molar-refractivity contribution in [3.63, 3.8) is 0 Å². The zero-order valence-electron chi connectivity index (χ0n) is 11.5. The molecule has 0 atom stereocenters. The summed E-state index contributed by atoms with van der Waals surface area (Å²) in [6, 6.07) is 10.3. The summed E-state index contributed by atoms with van der Waals surface area (Å²) in [4.78, 5) is 14.7. The standard InChI is InChI=1S/C15H15NO5/c1-19-11-4-6-12(7-5-11)20-9-10-21-13-3-2-8-16-14(13)15(17)18/h2-8H,9-10H2,1H3,(H,17,18). The largest absolute Gasteiger partial charge is 0.497 e. The Labute approximate surface area is 121 Å². The zero-order valence-corrected chi connectivity index (χ0v) is 11.5. The quantitative estimate of drug-likeness (QED) is 0.788. The summed E-state index contributed by atoms with van der Waals surface area (Å²) < 4.78 is 15.9. The van der Waals surface area contributed by atoms with E-state index in [9.17, 15) is 4.79 Å². The minimum Gasteiger partial charge on any atom is -0.497 e. The van der Waals surface area contributed by atoms with E-state index in [1.807, 2.05) is 0 Å². The molecule has 0 saturated carbocycles. The van der Waals surface area contributed by atoms with Gasteiger partial charge in [-0.25, -0.2) is 9.78 Å². The molecule has 0 amide bonds. The fraction of sp³-hybridized carbons (Fsp3) is 0.200. The second kappa shape index (κ2) is 7.14. The van der Waals surface area contributed by atoms with Crippen molar-refractivity contribution in [3.05, 3.63) is 48.3 Å². The second-order valence-corrected chi connectivity index (χ2v) is 4.03. The molecule has 1 aromatic carbocycles. The second-order valence-electron chi connectivity index (χ2n) is 4.03. The van der Waals surface area contributed by atoms with Crippen LogP contribution in [0.3, 0.4) is 0 Å². The van der Waals surface area contributed by atoms with E-state index in [0.717, 1.165) is 5.75 Å². The van der Waals surface area contributed by atoms with Crippen LogP contribution in [0.2, 0.25) is 0 Å². The summed E-state index contributed by atoms with van der Waals surface area (Å²) in [5, 5.41) is 8.96. The summed E-state index contributed by atoms with van der Waals surface area (Å²) in [6.07, 6.45) is 1.41. The molecule has 1 heterocycles. The lowest BCUT2D eigenvalue weighted by Crippen LogP contribution is -2.12. The van der Waals surface area contributed by atoms with E-state index in [1.165, 1.54) is 6.20 Å². The van der Waals surface area contributed by atoms with Gasteiger partial charge >= 0.3 is 5.97 Å². The van der Waals surface area contributed by atoms with Gasteiger partial charge in [-0.2, -0.15) is 0 Å². The molecule has 1 N–H and O–H groups in total. The lowest BCUT2D eigenvalue weighted by Gasteiger charge is -2.10. The van der Waals surface area contributed by atoms with E-state index in [1.54, 1.807) is 43.5 Å². The molecule has 2 rings (SSSR count). The molecule has 2 aromatic rings. The van der Waals surface area contributed by atoms with Gasteiger partial charge in [-0.3, -0.25) is 0 Å². The van der Waals surface area contributed by atoms with Crippen LogP contribution in [0.15, 0.2) is 42.6 Å². The Morgan fingerprint density at radius 3 is 2.43 bits per heavy atom. The molecule has 0 aliphatic carbocycles. The van der Waals surface area contributed by atoms with Gasteiger partial charge < -0.3 is 19.3 Å². The number of methoxy groups -OCH3 is 1. The first-order valence-electron chi connectivity index (χ1n) is 6.28. The zero-order chi connectivity index (χ0) is 15.1. The van der Waals surface area contributed by atoms with Crippen molar-refractivity contribution in [1.82, 2.24) is 4.98 Å². The van der Waals surface area contributed by atoms with Gasteiger partial charge in [0.2, 0.25) is 0 Å². The Morgan fingerprint density at radius 2 is 1.76 bits per heavy atom. The van der Waals surface area contributed by atoms with Crippen molar-refractivity contribution in [2.45, 2.75) is 0 Å². The number of nitrogens with zero attached hydrogens (tertiary/aromatic N) is 1. The van der Waals surface area contributed by atoms with Gasteiger partial charge in [0, 0.05) is 6.20 Å². The van der Waals surface area contributed by atoms with Crippen LogP contribution in [-0.4, -0.2) is 36.4 Å².